The Kier molecular flexibility index (Phi) is 12.0. The van der Waals surface area contributed by atoms with Crippen LogP contribution in [0.15, 0.2) is 71.3 Å². The summed E-state index contributed by atoms with van der Waals surface area (Å²) in [6.07, 6.45) is 8.48. The third-order valence-corrected chi connectivity index (χ3v) is 6.96. The standard InChI is InChI=1S/C30H38ClN9O3/c1-19(2)5-4-6-28(25-11-20(9-10-36-25)30(35-3)26(14-32)38-18-42)39-17-37-24(13-29(39)43)23-12-21(31)7-8-27(23)40(34)15-22(33)16-41/h7-15,17-19,28,32,35,41H,4-6,16,33-34H2,1-3H3,(H,38,42)/b22-15-,30-26+,32-14?. The topological polar surface area (TPSA) is 188 Å². The molecule has 8 N–H and O–H groups in total. The van der Waals surface area contributed by atoms with E-state index >= 15 is 0 Å². The van der Waals surface area contributed by atoms with Crippen molar-refractivity contribution in [3.8, 4) is 11.3 Å². The predicted molar refractivity (Wildman–Crippen MR) is 170 cm³/mol. The summed E-state index contributed by atoms with van der Waals surface area (Å²) in [4.78, 5) is 34.0. The average molecular weight is 608 g/mol. The molecule has 0 bridgehead atoms. The third-order valence-electron chi connectivity index (χ3n) is 6.72. The molecule has 0 radical (unpaired) electrons. The number of nitrogens with zero attached hydrogens (tertiary/aromatic N) is 4. The van der Waals surface area contributed by atoms with Crippen LogP contribution in [-0.2, 0) is 4.79 Å². The number of rotatable bonds is 15. The molecule has 1 unspecified atom stereocenters. The molecule has 2 heterocycles. The largest absolute Gasteiger partial charge is 0.399 e. The first-order valence-electron chi connectivity index (χ1n) is 13.7. The monoisotopic (exact) mass is 607 g/mol. The van der Waals surface area contributed by atoms with Crippen LogP contribution in [0.5, 0.6) is 0 Å². The minimum atomic E-state index is -0.439. The smallest absolute Gasteiger partial charge is 0.254 e. The fraction of sp³-hybridized carbons (Fsp3) is 0.300. The van der Waals surface area contributed by atoms with Gasteiger partial charge in [0, 0.05) is 47.9 Å². The Hall–Kier alpha value is -4.52. The third kappa shape index (κ3) is 8.51. The van der Waals surface area contributed by atoms with Crippen molar-refractivity contribution in [2.75, 3.05) is 18.7 Å². The Bertz CT molecular complexity index is 1550. The van der Waals surface area contributed by atoms with Crippen molar-refractivity contribution in [1.82, 2.24) is 25.2 Å². The number of carbonyl (C=O) groups excluding carboxylic acids is 1. The maximum Gasteiger partial charge on any atom is 0.254 e. The van der Waals surface area contributed by atoms with E-state index in [1.165, 1.54) is 23.6 Å². The minimum Gasteiger partial charge on any atom is -0.399 e. The number of carbonyl (C=O) groups is 1. The lowest BCUT2D eigenvalue weighted by Gasteiger charge is -2.22. The number of nitrogens with one attached hydrogen (secondary N) is 3. The van der Waals surface area contributed by atoms with Crippen LogP contribution in [0.25, 0.3) is 17.0 Å². The van der Waals surface area contributed by atoms with Crippen molar-refractivity contribution in [2.45, 2.75) is 39.2 Å². The van der Waals surface area contributed by atoms with Gasteiger partial charge in [0.05, 0.1) is 53.1 Å². The second-order valence-electron chi connectivity index (χ2n) is 10.2. The summed E-state index contributed by atoms with van der Waals surface area (Å²) in [6, 6.07) is 9.55. The van der Waals surface area contributed by atoms with E-state index in [2.05, 4.69) is 34.4 Å². The van der Waals surface area contributed by atoms with Crippen LogP contribution in [0.3, 0.4) is 0 Å². The zero-order valence-electron chi connectivity index (χ0n) is 24.4. The Morgan fingerprint density at radius 3 is 2.60 bits per heavy atom. The first kappa shape index (κ1) is 33.0. The molecule has 0 fully saturated rings. The molecule has 0 saturated carbocycles. The van der Waals surface area contributed by atoms with Gasteiger partial charge in [0.15, 0.2) is 0 Å². The highest BCUT2D eigenvalue weighted by atomic mass is 35.5. The van der Waals surface area contributed by atoms with Gasteiger partial charge in [-0.1, -0.05) is 38.3 Å². The molecule has 0 aliphatic rings. The SMILES string of the molecule is CN/C(=C(\C=N)NC=O)c1ccnc(C(CCCC(C)C)n2cnc(-c3cc(Cl)ccc3N(N)/C=C(\N)CO)cc2=O)c1. The van der Waals surface area contributed by atoms with Gasteiger partial charge in [0.2, 0.25) is 6.41 Å². The van der Waals surface area contributed by atoms with E-state index in [1.54, 1.807) is 42.1 Å². The van der Waals surface area contributed by atoms with Crippen molar-refractivity contribution in [2.24, 2.45) is 17.5 Å². The number of aromatic nitrogens is 3. The number of aliphatic hydroxyl groups excluding tert-OH is 1. The molecular weight excluding hydrogens is 570 g/mol. The molecule has 0 spiro atoms. The number of benzene rings is 1. The second-order valence-corrected chi connectivity index (χ2v) is 10.6. The highest BCUT2D eigenvalue weighted by Crippen LogP contribution is 2.32. The van der Waals surface area contributed by atoms with E-state index in [9.17, 15) is 14.7 Å². The summed E-state index contributed by atoms with van der Waals surface area (Å²) in [7, 11) is 1.69. The molecular formula is C30H38ClN9O3. The summed E-state index contributed by atoms with van der Waals surface area (Å²) >= 11 is 6.29. The van der Waals surface area contributed by atoms with Crippen LogP contribution in [0.2, 0.25) is 5.02 Å². The van der Waals surface area contributed by atoms with Crippen LogP contribution in [-0.4, -0.2) is 45.9 Å². The molecule has 0 aliphatic carbocycles. The van der Waals surface area contributed by atoms with Gasteiger partial charge in [0.25, 0.3) is 5.56 Å². The summed E-state index contributed by atoms with van der Waals surface area (Å²) < 4.78 is 1.55. The number of pyridine rings is 1. The first-order chi connectivity index (χ1) is 20.6. The highest BCUT2D eigenvalue weighted by molar-refractivity contribution is 6.31. The molecule has 43 heavy (non-hydrogen) atoms. The summed E-state index contributed by atoms with van der Waals surface area (Å²) in [6.45, 7) is 3.91. The highest BCUT2D eigenvalue weighted by Gasteiger charge is 2.20. The van der Waals surface area contributed by atoms with Crippen LogP contribution in [0.1, 0.15) is 50.4 Å². The van der Waals surface area contributed by atoms with Gasteiger partial charge in [0.1, 0.15) is 0 Å². The van der Waals surface area contributed by atoms with Crippen molar-refractivity contribution in [1.29, 1.82) is 5.41 Å². The minimum absolute atomic E-state index is 0.150. The van der Waals surface area contributed by atoms with Gasteiger partial charge in [-0.05, 0) is 42.7 Å². The number of hydrogen-bond acceptors (Lipinski definition) is 10. The van der Waals surface area contributed by atoms with E-state index in [0.29, 0.717) is 57.7 Å². The molecule has 3 rings (SSSR count). The van der Waals surface area contributed by atoms with Crippen LogP contribution in [0, 0.1) is 11.3 Å². The van der Waals surface area contributed by atoms with Crippen LogP contribution < -0.4 is 32.8 Å². The zero-order valence-corrected chi connectivity index (χ0v) is 25.2. The zero-order chi connectivity index (χ0) is 31.5. The second kappa shape index (κ2) is 15.6. The number of amides is 1. The Labute approximate surface area is 255 Å². The van der Waals surface area contributed by atoms with Crippen LogP contribution >= 0.6 is 11.6 Å². The van der Waals surface area contributed by atoms with Crippen LogP contribution in [0.4, 0.5) is 5.69 Å². The van der Waals surface area contributed by atoms with E-state index in [0.717, 1.165) is 19.1 Å². The number of allylic oxidation sites excluding steroid dienone is 1. The number of nitrogens with two attached hydrogens (primary N) is 2. The number of hydrazine groups is 1. The number of anilines is 1. The molecule has 2 aromatic heterocycles. The fourth-order valence-corrected chi connectivity index (χ4v) is 4.81. The Morgan fingerprint density at radius 1 is 1.21 bits per heavy atom. The Morgan fingerprint density at radius 2 is 1.98 bits per heavy atom. The molecule has 3 aromatic rings. The normalized spacial score (nSPS) is 12.9. The van der Waals surface area contributed by atoms with Crippen molar-refractivity contribution >= 4 is 35.6 Å². The number of aliphatic hydroxyl groups is 1. The summed E-state index contributed by atoms with van der Waals surface area (Å²) in [5, 5.41) is 24.2. The Balaban J connectivity index is 2.12. The van der Waals surface area contributed by atoms with Gasteiger partial charge >= 0.3 is 0 Å². The van der Waals surface area contributed by atoms with Crippen molar-refractivity contribution in [3.63, 3.8) is 0 Å². The lowest BCUT2D eigenvalue weighted by molar-refractivity contribution is -0.108. The van der Waals surface area contributed by atoms with E-state index in [1.807, 2.05) is 6.07 Å². The molecule has 13 heteroatoms. The maximum absolute atomic E-state index is 13.7. The average Bonchev–Trinajstić information content (AvgIpc) is 2.99. The van der Waals surface area contributed by atoms with Gasteiger partial charge in [-0.25, -0.2) is 10.8 Å². The lowest BCUT2D eigenvalue weighted by Crippen LogP contribution is -2.28. The van der Waals surface area contributed by atoms with E-state index < -0.39 is 6.04 Å². The van der Waals surface area contributed by atoms with Gasteiger partial charge in [-0.2, -0.15) is 0 Å². The molecule has 228 valence electrons. The summed E-state index contributed by atoms with van der Waals surface area (Å²) in [5.41, 5.74) is 9.06. The molecule has 0 aliphatic heterocycles. The molecule has 1 atom stereocenters. The first-order valence-corrected chi connectivity index (χ1v) is 14.1. The fourth-order valence-electron chi connectivity index (χ4n) is 4.64. The predicted octanol–water partition coefficient (Wildman–Crippen LogP) is 3.13. The number of halogens is 1. The molecule has 1 aromatic carbocycles. The molecule has 12 nitrogen and oxygen atoms in total. The van der Waals surface area contributed by atoms with E-state index in [4.69, 9.17) is 28.6 Å². The van der Waals surface area contributed by atoms with Crippen molar-refractivity contribution in [3.05, 3.63) is 93.2 Å². The lowest BCUT2D eigenvalue weighted by atomic mass is 9.99. The van der Waals surface area contributed by atoms with E-state index in [-0.39, 0.29) is 23.6 Å². The van der Waals surface area contributed by atoms with Gasteiger partial charge in [-0.15, -0.1) is 0 Å². The number of hydrogen-bond donors (Lipinski definition) is 6. The van der Waals surface area contributed by atoms with Gasteiger partial charge < -0.3 is 26.9 Å². The van der Waals surface area contributed by atoms with Crippen molar-refractivity contribution < 1.29 is 9.90 Å². The quantitative estimate of drug-likeness (QED) is 0.0652. The molecule has 0 saturated heterocycles. The maximum atomic E-state index is 13.7. The molecule has 1 amide bonds. The summed E-state index contributed by atoms with van der Waals surface area (Å²) in [5.74, 6) is 6.67. The van der Waals surface area contributed by atoms with Gasteiger partial charge in [-0.3, -0.25) is 24.1 Å².